The lowest BCUT2D eigenvalue weighted by Crippen LogP contribution is -2.75. The first kappa shape index (κ1) is 35.0. The maximum absolute atomic E-state index is 16.1. The van der Waals surface area contributed by atoms with Crippen molar-refractivity contribution in [1.29, 1.82) is 0 Å². The highest BCUT2D eigenvalue weighted by Crippen LogP contribution is 2.68. The Kier molecular flexibility index (Phi) is 8.45. The highest BCUT2D eigenvalue weighted by Gasteiger charge is 2.96. The average Bonchev–Trinajstić information content (AvgIpc) is 2.82. The van der Waals surface area contributed by atoms with E-state index in [0.29, 0.717) is 24.3 Å². The predicted molar refractivity (Wildman–Crippen MR) is 105 cm³/mol. The average molecular weight is 673 g/mol. The molecule has 0 aliphatic rings. The first-order valence-corrected chi connectivity index (χ1v) is 10.7. The molecule has 0 bridgehead atoms. The van der Waals surface area contributed by atoms with E-state index in [9.17, 15) is 57.1 Å². The van der Waals surface area contributed by atoms with Crippen LogP contribution in [-0.4, -0.2) is 41.7 Å². The maximum Gasteiger partial charge on any atom is 0.460 e. The highest BCUT2D eigenvalue weighted by atomic mass is 35.5. The summed E-state index contributed by atoms with van der Waals surface area (Å²) in [7, 11) is 0. The van der Waals surface area contributed by atoms with Gasteiger partial charge in [-0.15, -0.1) is 0 Å². The fraction of sp³-hybridized carbons (Fsp3) is 0.429. The number of halogens is 20. The molecule has 0 N–H and O–H groups in total. The molecule has 2 aromatic rings. The van der Waals surface area contributed by atoms with Crippen LogP contribution in [0.3, 0.4) is 0 Å². The van der Waals surface area contributed by atoms with Crippen LogP contribution in [0.5, 0.6) is 0 Å². The van der Waals surface area contributed by atoms with Crippen LogP contribution in [0.15, 0.2) is 48.5 Å². The molecule has 0 aromatic heterocycles. The van der Waals surface area contributed by atoms with Crippen molar-refractivity contribution < 1.29 is 79.0 Å². The summed E-state index contributed by atoms with van der Waals surface area (Å²) in [6, 6.07) is 2.45. The quantitative estimate of drug-likeness (QED) is 0.233. The van der Waals surface area contributed by atoms with Crippen LogP contribution in [0.4, 0.5) is 79.0 Å². The molecule has 20 heteroatoms. The molecule has 0 nitrogen and oxygen atoms in total. The second-order valence-electron chi connectivity index (χ2n) is 8.14. The third-order valence-corrected chi connectivity index (χ3v) is 6.31. The molecule has 0 radical (unpaired) electrons. The molecule has 1 atom stereocenters. The zero-order valence-electron chi connectivity index (χ0n) is 18.7. The van der Waals surface area contributed by atoms with E-state index >= 15 is 22.0 Å². The molecule has 1 unspecified atom stereocenters. The SMILES string of the molecule is FC(F)(F)C(F)(F)C(F)(F)C(F)(F)C(F)(F)C(F)(F)C(F)(F)C(F)(c1ccccc1Cl)C(F)(F)c1ccccc1Cl. The third-order valence-electron chi connectivity index (χ3n) is 5.65. The van der Waals surface area contributed by atoms with Gasteiger partial charge in [0.05, 0.1) is 0 Å². The molecule has 0 aliphatic heterocycles. The minimum absolute atomic E-state index is 0.0491. The Balaban J connectivity index is 3.00. The van der Waals surface area contributed by atoms with E-state index in [4.69, 9.17) is 23.2 Å². The Hall–Kier alpha value is -2.24. The number of rotatable bonds is 9. The van der Waals surface area contributed by atoms with Crippen molar-refractivity contribution in [2.24, 2.45) is 0 Å². The van der Waals surface area contributed by atoms with Crippen molar-refractivity contribution in [2.45, 2.75) is 53.3 Å². The molecule has 2 aromatic carbocycles. The van der Waals surface area contributed by atoms with E-state index in [0.717, 1.165) is 6.07 Å². The minimum Gasteiger partial charge on any atom is -0.224 e. The molecule has 0 amide bonds. The van der Waals surface area contributed by atoms with Crippen molar-refractivity contribution in [3.8, 4) is 0 Å². The molecular formula is C21H8Cl2F18. The molecule has 41 heavy (non-hydrogen) atoms. The van der Waals surface area contributed by atoms with Gasteiger partial charge in [-0.1, -0.05) is 59.6 Å². The van der Waals surface area contributed by atoms with E-state index in [1.807, 2.05) is 0 Å². The largest absolute Gasteiger partial charge is 0.460 e. The van der Waals surface area contributed by atoms with Crippen molar-refractivity contribution in [3.63, 3.8) is 0 Å². The lowest BCUT2D eigenvalue weighted by Gasteiger charge is -2.46. The van der Waals surface area contributed by atoms with E-state index in [1.165, 1.54) is 0 Å². The summed E-state index contributed by atoms with van der Waals surface area (Å²) in [5.74, 6) is -57.7. The van der Waals surface area contributed by atoms with Crippen LogP contribution in [0, 0.1) is 0 Å². The fourth-order valence-corrected chi connectivity index (χ4v) is 3.88. The lowest BCUT2D eigenvalue weighted by atomic mass is 9.75. The van der Waals surface area contributed by atoms with Crippen molar-refractivity contribution in [3.05, 3.63) is 69.7 Å². The summed E-state index contributed by atoms with van der Waals surface area (Å²) in [5, 5.41) is -3.15. The zero-order valence-corrected chi connectivity index (χ0v) is 20.2. The van der Waals surface area contributed by atoms with Gasteiger partial charge in [0.1, 0.15) is 0 Å². The van der Waals surface area contributed by atoms with E-state index < -0.39 is 74.5 Å². The van der Waals surface area contributed by atoms with Crippen molar-refractivity contribution >= 4 is 23.2 Å². The van der Waals surface area contributed by atoms with Crippen LogP contribution in [0.1, 0.15) is 11.1 Å². The summed E-state index contributed by atoms with van der Waals surface area (Å²) in [5.41, 5.74) is -11.6. The molecule has 0 saturated heterocycles. The van der Waals surface area contributed by atoms with Gasteiger partial charge >= 0.3 is 47.6 Å². The van der Waals surface area contributed by atoms with E-state index in [-0.39, 0.29) is 18.2 Å². The predicted octanol–water partition coefficient (Wildman–Crippen LogP) is 10.3. The van der Waals surface area contributed by atoms with Gasteiger partial charge in [-0.05, 0) is 12.1 Å². The first-order valence-electron chi connectivity index (χ1n) is 9.93. The molecule has 0 saturated carbocycles. The number of alkyl halides is 18. The van der Waals surface area contributed by atoms with Gasteiger partial charge < -0.3 is 0 Å². The molecule has 0 fully saturated rings. The lowest BCUT2D eigenvalue weighted by molar-refractivity contribution is -0.463. The van der Waals surface area contributed by atoms with Gasteiger partial charge in [0.2, 0.25) is 0 Å². The maximum atomic E-state index is 16.1. The van der Waals surface area contributed by atoms with Crippen LogP contribution in [0.25, 0.3) is 0 Å². The third kappa shape index (κ3) is 4.49. The number of benzene rings is 2. The molecule has 2 rings (SSSR count). The zero-order chi connectivity index (χ0) is 32.5. The number of hydrogen-bond donors (Lipinski definition) is 0. The first-order chi connectivity index (χ1) is 18.0. The van der Waals surface area contributed by atoms with Gasteiger partial charge in [0, 0.05) is 21.2 Å². The molecule has 0 aliphatic carbocycles. The van der Waals surface area contributed by atoms with Crippen LogP contribution in [-0.2, 0) is 11.6 Å². The normalized spacial score (nSPS) is 16.5. The second-order valence-corrected chi connectivity index (χ2v) is 8.95. The summed E-state index contributed by atoms with van der Waals surface area (Å²) < 4.78 is 253. The Morgan fingerprint density at radius 2 is 0.659 bits per heavy atom. The standard InChI is InChI=1S/C21H8Cl2F18/c22-11-7-3-1-5-9(11)13(24,14(25,26)10-6-2-4-8-12(10)23)15(27,28)16(29,30)17(31,32)18(33,34)19(35,36)20(37,38)21(39,40)41/h1-8H. The van der Waals surface area contributed by atoms with Gasteiger partial charge in [0.25, 0.3) is 5.67 Å². The molecule has 232 valence electrons. The highest BCUT2D eigenvalue weighted by molar-refractivity contribution is 6.32. The fourth-order valence-electron chi connectivity index (χ4n) is 3.36. The smallest absolute Gasteiger partial charge is 0.224 e. The Morgan fingerprint density at radius 1 is 0.366 bits per heavy atom. The summed E-state index contributed by atoms with van der Waals surface area (Å²) >= 11 is 10.7. The van der Waals surface area contributed by atoms with Gasteiger partial charge in [-0.3, -0.25) is 0 Å². The van der Waals surface area contributed by atoms with E-state index in [1.54, 1.807) is 0 Å². The van der Waals surface area contributed by atoms with Gasteiger partial charge in [-0.2, -0.15) is 74.6 Å². The van der Waals surface area contributed by atoms with Gasteiger partial charge in [-0.25, -0.2) is 4.39 Å². The summed E-state index contributed by atoms with van der Waals surface area (Å²) in [4.78, 5) is 0. The van der Waals surface area contributed by atoms with Crippen molar-refractivity contribution in [1.82, 2.24) is 0 Å². The van der Waals surface area contributed by atoms with Crippen LogP contribution < -0.4 is 0 Å². The Labute approximate surface area is 225 Å². The molecule has 0 spiro atoms. The Bertz CT molecular complexity index is 1270. The topological polar surface area (TPSA) is 0 Å². The summed E-state index contributed by atoms with van der Waals surface area (Å²) in [6.45, 7) is 0. The molecular weight excluding hydrogens is 665 g/mol. The monoisotopic (exact) mass is 672 g/mol. The van der Waals surface area contributed by atoms with Crippen LogP contribution >= 0.6 is 23.2 Å². The van der Waals surface area contributed by atoms with Crippen LogP contribution in [0.2, 0.25) is 10.0 Å². The van der Waals surface area contributed by atoms with E-state index in [2.05, 4.69) is 0 Å². The van der Waals surface area contributed by atoms with Gasteiger partial charge in [0.15, 0.2) is 0 Å². The Morgan fingerprint density at radius 3 is 1.00 bits per heavy atom. The molecule has 0 heterocycles. The minimum atomic E-state index is -8.83. The van der Waals surface area contributed by atoms with Crippen molar-refractivity contribution in [2.75, 3.05) is 0 Å². The second kappa shape index (κ2) is 9.91. The number of hydrogen-bond acceptors (Lipinski definition) is 0. The summed E-state index contributed by atoms with van der Waals surface area (Å²) in [6.07, 6.45) is -7.88.